The monoisotopic (exact) mass is 358 g/mol. The molecule has 1 aromatic heterocycles. The van der Waals surface area contributed by atoms with Gasteiger partial charge in [0.1, 0.15) is 5.75 Å². The molecule has 0 unspecified atom stereocenters. The van der Waals surface area contributed by atoms with Crippen LogP contribution in [0.1, 0.15) is 24.5 Å². The van der Waals surface area contributed by atoms with Crippen LogP contribution in [0.15, 0.2) is 57.5 Å². The van der Waals surface area contributed by atoms with Crippen molar-refractivity contribution in [2.75, 3.05) is 0 Å². The van der Waals surface area contributed by atoms with E-state index in [4.69, 9.17) is 9.26 Å². The number of aryl methyl sites for hydroxylation is 1. The Balaban J connectivity index is 1.78. The lowest BCUT2D eigenvalue weighted by molar-refractivity contribution is 0.175. The maximum absolute atomic E-state index is 5.85. The minimum Gasteiger partial charge on any atom is -0.481 e. The summed E-state index contributed by atoms with van der Waals surface area (Å²) in [6.07, 6.45) is -0.310. The first-order valence-electron chi connectivity index (χ1n) is 6.95. The summed E-state index contributed by atoms with van der Waals surface area (Å²) < 4.78 is 12.1. The number of hydrogen-bond donors (Lipinski definition) is 0. The molecule has 0 aliphatic carbocycles. The molecule has 0 fully saturated rings. The number of rotatable bonds is 4. The summed E-state index contributed by atoms with van der Waals surface area (Å²) in [7, 11) is 0. The van der Waals surface area contributed by atoms with Crippen molar-refractivity contribution in [3.05, 3.63) is 64.5 Å². The Morgan fingerprint density at radius 3 is 2.73 bits per heavy atom. The van der Waals surface area contributed by atoms with Gasteiger partial charge in [-0.05, 0) is 43.7 Å². The first-order chi connectivity index (χ1) is 10.6. The van der Waals surface area contributed by atoms with Crippen molar-refractivity contribution in [1.82, 2.24) is 10.1 Å². The summed E-state index contributed by atoms with van der Waals surface area (Å²) in [6, 6.07) is 15.6. The second-order valence-corrected chi connectivity index (χ2v) is 5.96. The van der Waals surface area contributed by atoms with E-state index in [0.29, 0.717) is 11.7 Å². The van der Waals surface area contributed by atoms with Crippen molar-refractivity contribution >= 4 is 15.9 Å². The third-order valence-electron chi connectivity index (χ3n) is 3.17. The Morgan fingerprint density at radius 2 is 1.95 bits per heavy atom. The predicted octanol–water partition coefficient (Wildman–Crippen LogP) is 4.95. The van der Waals surface area contributed by atoms with Gasteiger partial charge in [-0.15, -0.1) is 0 Å². The van der Waals surface area contributed by atoms with Gasteiger partial charge in [0, 0.05) is 10.0 Å². The SMILES string of the molecule is Cc1cccc(O[C@H](C)c2nc(-c3cccc(Br)c3)no2)c1. The molecule has 0 bridgehead atoms. The zero-order valence-electron chi connectivity index (χ0n) is 12.3. The zero-order valence-corrected chi connectivity index (χ0v) is 13.9. The molecule has 3 rings (SSSR count). The Hall–Kier alpha value is -2.14. The second kappa shape index (κ2) is 6.32. The molecule has 0 spiro atoms. The minimum absolute atomic E-state index is 0.310. The van der Waals surface area contributed by atoms with E-state index in [-0.39, 0.29) is 6.10 Å². The smallest absolute Gasteiger partial charge is 0.267 e. The van der Waals surface area contributed by atoms with Crippen LogP contribution >= 0.6 is 15.9 Å². The van der Waals surface area contributed by atoms with Gasteiger partial charge in [-0.1, -0.05) is 45.4 Å². The Bertz CT molecular complexity index is 786. The molecular formula is C17H15BrN2O2. The highest BCUT2D eigenvalue weighted by molar-refractivity contribution is 9.10. The Kier molecular flexibility index (Phi) is 4.24. The van der Waals surface area contributed by atoms with Crippen molar-refractivity contribution in [2.45, 2.75) is 20.0 Å². The van der Waals surface area contributed by atoms with E-state index >= 15 is 0 Å². The fourth-order valence-corrected chi connectivity index (χ4v) is 2.49. The van der Waals surface area contributed by atoms with Crippen LogP contribution in [0.3, 0.4) is 0 Å². The summed E-state index contributed by atoms with van der Waals surface area (Å²) >= 11 is 3.44. The maximum atomic E-state index is 5.85. The average molecular weight is 359 g/mol. The van der Waals surface area contributed by atoms with E-state index in [1.54, 1.807) is 0 Å². The summed E-state index contributed by atoms with van der Waals surface area (Å²) in [5.74, 6) is 1.79. The van der Waals surface area contributed by atoms with Gasteiger partial charge in [0.25, 0.3) is 5.89 Å². The molecule has 0 aliphatic heterocycles. The topological polar surface area (TPSA) is 48.2 Å². The van der Waals surface area contributed by atoms with Gasteiger partial charge < -0.3 is 9.26 Å². The lowest BCUT2D eigenvalue weighted by Crippen LogP contribution is -2.03. The Morgan fingerprint density at radius 1 is 1.14 bits per heavy atom. The second-order valence-electron chi connectivity index (χ2n) is 5.04. The van der Waals surface area contributed by atoms with Gasteiger partial charge in [-0.2, -0.15) is 4.98 Å². The van der Waals surface area contributed by atoms with Crippen LogP contribution in [0, 0.1) is 6.92 Å². The highest BCUT2D eigenvalue weighted by Gasteiger charge is 2.17. The highest BCUT2D eigenvalue weighted by Crippen LogP contribution is 2.25. The molecule has 0 radical (unpaired) electrons. The fourth-order valence-electron chi connectivity index (χ4n) is 2.09. The lowest BCUT2D eigenvalue weighted by atomic mass is 10.2. The highest BCUT2D eigenvalue weighted by atomic mass is 79.9. The number of halogens is 1. The number of benzene rings is 2. The average Bonchev–Trinajstić information content (AvgIpc) is 2.97. The maximum Gasteiger partial charge on any atom is 0.267 e. The number of ether oxygens (including phenoxy) is 1. The van der Waals surface area contributed by atoms with Crippen LogP contribution in [0.2, 0.25) is 0 Å². The first kappa shape index (κ1) is 14.8. The molecular weight excluding hydrogens is 344 g/mol. The van der Waals surface area contributed by atoms with Crippen LogP contribution in [-0.4, -0.2) is 10.1 Å². The number of nitrogens with zero attached hydrogens (tertiary/aromatic N) is 2. The number of aromatic nitrogens is 2. The van der Waals surface area contributed by atoms with Gasteiger partial charge in [-0.3, -0.25) is 0 Å². The summed E-state index contributed by atoms with van der Waals surface area (Å²) in [6.45, 7) is 3.91. The molecule has 5 heteroatoms. The minimum atomic E-state index is -0.310. The largest absolute Gasteiger partial charge is 0.481 e. The molecule has 22 heavy (non-hydrogen) atoms. The fraction of sp³-hybridized carbons (Fsp3) is 0.176. The third kappa shape index (κ3) is 3.36. The van der Waals surface area contributed by atoms with Crippen molar-refractivity contribution in [1.29, 1.82) is 0 Å². The standard InChI is InChI=1S/C17H15BrN2O2/c1-11-5-3-8-15(9-11)21-12(2)17-19-16(20-22-17)13-6-4-7-14(18)10-13/h3-10,12H,1-2H3/t12-/m1/s1. The van der Waals surface area contributed by atoms with E-state index in [1.165, 1.54) is 0 Å². The Labute approximate surface area is 137 Å². The van der Waals surface area contributed by atoms with Crippen molar-refractivity contribution in [3.8, 4) is 17.1 Å². The molecule has 1 heterocycles. The molecule has 2 aromatic carbocycles. The molecule has 1 atom stereocenters. The third-order valence-corrected chi connectivity index (χ3v) is 3.67. The van der Waals surface area contributed by atoms with Crippen LogP contribution in [0.4, 0.5) is 0 Å². The molecule has 0 saturated carbocycles. The van der Waals surface area contributed by atoms with E-state index in [0.717, 1.165) is 21.3 Å². The van der Waals surface area contributed by atoms with E-state index in [1.807, 2.05) is 62.4 Å². The predicted molar refractivity (Wildman–Crippen MR) is 87.7 cm³/mol. The van der Waals surface area contributed by atoms with Crippen molar-refractivity contribution in [3.63, 3.8) is 0 Å². The first-order valence-corrected chi connectivity index (χ1v) is 7.74. The molecule has 0 aliphatic rings. The molecule has 0 N–H and O–H groups in total. The zero-order chi connectivity index (χ0) is 15.5. The van der Waals surface area contributed by atoms with Crippen molar-refractivity contribution < 1.29 is 9.26 Å². The molecule has 4 nitrogen and oxygen atoms in total. The van der Waals surface area contributed by atoms with Gasteiger partial charge in [-0.25, -0.2) is 0 Å². The summed E-state index contributed by atoms with van der Waals surface area (Å²) in [4.78, 5) is 4.42. The number of hydrogen-bond acceptors (Lipinski definition) is 4. The van der Waals surface area contributed by atoms with Crippen LogP contribution in [-0.2, 0) is 0 Å². The molecule has 3 aromatic rings. The summed E-state index contributed by atoms with van der Waals surface area (Å²) in [5, 5.41) is 4.02. The van der Waals surface area contributed by atoms with Crippen molar-refractivity contribution in [2.24, 2.45) is 0 Å². The van der Waals surface area contributed by atoms with E-state index in [9.17, 15) is 0 Å². The van der Waals surface area contributed by atoms with E-state index in [2.05, 4.69) is 26.1 Å². The van der Waals surface area contributed by atoms with Crippen LogP contribution in [0.5, 0.6) is 5.75 Å². The van der Waals surface area contributed by atoms with Crippen LogP contribution < -0.4 is 4.74 Å². The molecule has 112 valence electrons. The van der Waals surface area contributed by atoms with Gasteiger partial charge in [0.2, 0.25) is 5.82 Å². The van der Waals surface area contributed by atoms with Gasteiger partial charge >= 0.3 is 0 Å². The van der Waals surface area contributed by atoms with E-state index < -0.39 is 0 Å². The normalized spacial score (nSPS) is 12.1. The molecule has 0 amide bonds. The molecule has 0 saturated heterocycles. The van der Waals surface area contributed by atoms with Crippen LogP contribution in [0.25, 0.3) is 11.4 Å². The van der Waals surface area contributed by atoms with Gasteiger partial charge in [0.05, 0.1) is 0 Å². The lowest BCUT2D eigenvalue weighted by Gasteiger charge is -2.10. The summed E-state index contributed by atoms with van der Waals surface area (Å²) in [5.41, 5.74) is 2.04. The quantitative estimate of drug-likeness (QED) is 0.662. The van der Waals surface area contributed by atoms with Gasteiger partial charge in [0.15, 0.2) is 6.10 Å².